The van der Waals surface area contributed by atoms with Gasteiger partial charge < -0.3 is 10.3 Å². The number of carbonyl (C=O) groups is 1. The lowest BCUT2D eigenvalue weighted by atomic mass is 9.95. The smallest absolute Gasteiger partial charge is 0.237 e. The second kappa shape index (κ2) is 6.70. The fourth-order valence-corrected chi connectivity index (χ4v) is 2.53. The Balaban J connectivity index is 1.80. The lowest BCUT2D eigenvalue weighted by molar-refractivity contribution is -0.126. The average molecular weight is 264 g/mol. The number of aromatic nitrogens is 2. The maximum Gasteiger partial charge on any atom is 0.237 e. The first-order chi connectivity index (χ1) is 9.16. The number of imidazole rings is 1. The van der Waals surface area contributed by atoms with Crippen molar-refractivity contribution in [3.05, 3.63) is 18.2 Å². The van der Waals surface area contributed by atoms with Gasteiger partial charge in [-0.25, -0.2) is 4.98 Å². The van der Waals surface area contributed by atoms with E-state index < -0.39 is 0 Å². The third-order valence-electron chi connectivity index (χ3n) is 3.95. The summed E-state index contributed by atoms with van der Waals surface area (Å²) < 4.78 is 0. The number of hydrogen-bond donors (Lipinski definition) is 2. The second-order valence-corrected chi connectivity index (χ2v) is 5.47. The molecular weight excluding hydrogens is 240 g/mol. The van der Waals surface area contributed by atoms with Crippen molar-refractivity contribution in [3.63, 3.8) is 0 Å². The largest absolute Gasteiger partial charge is 0.352 e. The highest BCUT2D eigenvalue weighted by Gasteiger charge is 2.22. The van der Waals surface area contributed by atoms with Gasteiger partial charge in [-0.05, 0) is 26.8 Å². The number of amides is 1. The molecule has 5 heteroatoms. The molecule has 0 spiro atoms. The summed E-state index contributed by atoms with van der Waals surface area (Å²) in [4.78, 5) is 21.5. The van der Waals surface area contributed by atoms with Crippen molar-refractivity contribution in [2.45, 2.75) is 57.7 Å². The van der Waals surface area contributed by atoms with Gasteiger partial charge >= 0.3 is 0 Å². The van der Waals surface area contributed by atoms with Gasteiger partial charge in [0.25, 0.3) is 0 Å². The predicted molar refractivity (Wildman–Crippen MR) is 74.5 cm³/mol. The topological polar surface area (TPSA) is 61.0 Å². The molecule has 2 N–H and O–H groups in total. The Hall–Kier alpha value is -1.36. The molecule has 0 unspecified atom stereocenters. The van der Waals surface area contributed by atoms with Crippen LogP contribution < -0.4 is 5.32 Å². The zero-order valence-corrected chi connectivity index (χ0v) is 11.9. The van der Waals surface area contributed by atoms with E-state index in [2.05, 4.69) is 15.3 Å². The Bertz CT molecular complexity index is 384. The van der Waals surface area contributed by atoms with E-state index >= 15 is 0 Å². The van der Waals surface area contributed by atoms with Crippen LogP contribution in [0.1, 0.15) is 44.9 Å². The van der Waals surface area contributed by atoms with E-state index in [0.717, 1.165) is 18.7 Å². The van der Waals surface area contributed by atoms with Crippen molar-refractivity contribution >= 4 is 5.91 Å². The summed E-state index contributed by atoms with van der Waals surface area (Å²) in [6.07, 6.45) is 9.57. The second-order valence-electron chi connectivity index (χ2n) is 5.47. The minimum absolute atomic E-state index is 0.126. The predicted octanol–water partition coefficient (Wildman–Crippen LogP) is 1.68. The summed E-state index contributed by atoms with van der Waals surface area (Å²) in [6, 6.07) is 0.243. The molecule has 1 aliphatic carbocycles. The van der Waals surface area contributed by atoms with Crippen molar-refractivity contribution in [2.24, 2.45) is 0 Å². The highest BCUT2D eigenvalue weighted by atomic mass is 16.2. The van der Waals surface area contributed by atoms with Crippen molar-refractivity contribution in [2.75, 3.05) is 7.05 Å². The van der Waals surface area contributed by atoms with Crippen LogP contribution in [0.25, 0.3) is 0 Å². The minimum atomic E-state index is -0.132. The molecule has 2 rings (SSSR count). The highest BCUT2D eigenvalue weighted by Crippen LogP contribution is 2.17. The summed E-state index contributed by atoms with van der Waals surface area (Å²) in [7, 11) is 1.95. The molecule has 1 aliphatic rings. The lowest BCUT2D eigenvalue weighted by Crippen LogP contribution is -2.47. The van der Waals surface area contributed by atoms with Gasteiger partial charge in [0, 0.05) is 18.4 Å². The van der Waals surface area contributed by atoms with Crippen molar-refractivity contribution < 1.29 is 4.79 Å². The Morgan fingerprint density at radius 3 is 2.89 bits per heavy atom. The third kappa shape index (κ3) is 4.06. The molecule has 0 aromatic carbocycles. The maximum atomic E-state index is 12.2. The highest BCUT2D eigenvalue weighted by molar-refractivity contribution is 5.81. The molecule has 0 aliphatic heterocycles. The van der Waals surface area contributed by atoms with Crippen LogP contribution in [0.2, 0.25) is 0 Å². The van der Waals surface area contributed by atoms with Crippen LogP contribution in [-0.4, -0.2) is 39.9 Å². The van der Waals surface area contributed by atoms with Crippen LogP contribution in [0.15, 0.2) is 12.4 Å². The van der Waals surface area contributed by atoms with E-state index in [-0.39, 0.29) is 11.9 Å². The number of aromatic amines is 1. The Morgan fingerprint density at radius 2 is 2.26 bits per heavy atom. The van der Waals surface area contributed by atoms with Crippen molar-refractivity contribution in [3.8, 4) is 0 Å². The van der Waals surface area contributed by atoms with Crippen LogP contribution in [0, 0.1) is 0 Å². The number of hydrogen-bond acceptors (Lipinski definition) is 3. The molecular formula is C14H24N4O. The molecule has 1 saturated carbocycles. The number of nitrogens with one attached hydrogen (secondary N) is 2. The Kier molecular flexibility index (Phi) is 4.96. The zero-order chi connectivity index (χ0) is 13.7. The molecule has 1 heterocycles. The fraction of sp³-hybridized carbons (Fsp3) is 0.714. The molecule has 1 atom stereocenters. The molecule has 1 aromatic heterocycles. The SMILES string of the molecule is C[C@@H](C(=O)NC1CCCCC1)N(C)Cc1ncc[nH]1. The van der Waals surface area contributed by atoms with Crippen LogP contribution in [-0.2, 0) is 11.3 Å². The summed E-state index contributed by atoms with van der Waals surface area (Å²) in [6.45, 7) is 2.60. The zero-order valence-electron chi connectivity index (χ0n) is 11.9. The van der Waals surface area contributed by atoms with E-state index in [4.69, 9.17) is 0 Å². The van der Waals surface area contributed by atoms with Crippen molar-refractivity contribution in [1.29, 1.82) is 0 Å². The van der Waals surface area contributed by atoms with Gasteiger partial charge in [-0.2, -0.15) is 0 Å². The van der Waals surface area contributed by atoms with Crippen LogP contribution in [0.4, 0.5) is 0 Å². The Labute approximate surface area is 114 Å². The first kappa shape index (κ1) is 14.1. The fourth-order valence-electron chi connectivity index (χ4n) is 2.53. The number of nitrogens with zero attached hydrogens (tertiary/aromatic N) is 2. The molecule has 1 fully saturated rings. The van der Waals surface area contributed by atoms with Crippen LogP contribution >= 0.6 is 0 Å². The molecule has 5 nitrogen and oxygen atoms in total. The Morgan fingerprint density at radius 1 is 1.53 bits per heavy atom. The van der Waals surface area contributed by atoms with E-state index in [1.165, 1.54) is 19.3 Å². The normalized spacial score (nSPS) is 18.5. The van der Waals surface area contributed by atoms with Gasteiger partial charge in [-0.15, -0.1) is 0 Å². The maximum absolute atomic E-state index is 12.2. The number of H-pyrrole nitrogens is 1. The van der Waals surface area contributed by atoms with Crippen LogP contribution in [0.3, 0.4) is 0 Å². The van der Waals surface area contributed by atoms with E-state index in [9.17, 15) is 4.79 Å². The molecule has 19 heavy (non-hydrogen) atoms. The number of rotatable bonds is 5. The summed E-state index contributed by atoms with van der Waals surface area (Å²) in [5.41, 5.74) is 0. The van der Waals surface area contributed by atoms with Gasteiger partial charge in [0.05, 0.1) is 12.6 Å². The first-order valence-electron chi connectivity index (χ1n) is 7.15. The molecule has 0 saturated heterocycles. The molecule has 106 valence electrons. The summed E-state index contributed by atoms with van der Waals surface area (Å²) in [5.74, 6) is 1.01. The van der Waals surface area contributed by atoms with E-state index in [1.54, 1.807) is 12.4 Å². The van der Waals surface area contributed by atoms with Crippen LogP contribution in [0.5, 0.6) is 0 Å². The monoisotopic (exact) mass is 264 g/mol. The number of likely N-dealkylation sites (N-methyl/N-ethyl adjacent to an activating group) is 1. The molecule has 0 radical (unpaired) electrons. The van der Waals surface area contributed by atoms with Crippen molar-refractivity contribution in [1.82, 2.24) is 20.2 Å². The summed E-state index contributed by atoms with van der Waals surface area (Å²) in [5, 5.41) is 3.17. The first-order valence-corrected chi connectivity index (χ1v) is 7.15. The van der Waals surface area contributed by atoms with Gasteiger partial charge in [-0.1, -0.05) is 19.3 Å². The molecule has 0 bridgehead atoms. The molecule has 1 amide bonds. The van der Waals surface area contributed by atoms with Gasteiger partial charge in [-0.3, -0.25) is 9.69 Å². The van der Waals surface area contributed by atoms with E-state index in [0.29, 0.717) is 12.6 Å². The average Bonchev–Trinajstić information content (AvgIpc) is 2.91. The third-order valence-corrected chi connectivity index (χ3v) is 3.95. The number of carbonyl (C=O) groups excluding carboxylic acids is 1. The van der Waals surface area contributed by atoms with Gasteiger partial charge in [0.1, 0.15) is 5.82 Å². The summed E-state index contributed by atoms with van der Waals surface area (Å²) >= 11 is 0. The quantitative estimate of drug-likeness (QED) is 0.850. The van der Waals surface area contributed by atoms with Gasteiger partial charge in [0.2, 0.25) is 5.91 Å². The standard InChI is InChI=1S/C14H24N4O/c1-11(18(2)10-13-15-8-9-16-13)14(19)17-12-6-4-3-5-7-12/h8-9,11-12H,3-7,10H2,1-2H3,(H,15,16)(H,17,19)/t11-/m0/s1. The lowest BCUT2D eigenvalue weighted by Gasteiger charge is -2.28. The molecule has 1 aromatic rings. The van der Waals surface area contributed by atoms with Gasteiger partial charge in [0.15, 0.2) is 0 Å². The minimum Gasteiger partial charge on any atom is -0.352 e. The van der Waals surface area contributed by atoms with E-state index in [1.807, 2.05) is 18.9 Å².